The first-order valence-corrected chi connectivity index (χ1v) is 3.57. The summed E-state index contributed by atoms with van der Waals surface area (Å²) in [7, 11) is 1.78. The summed E-state index contributed by atoms with van der Waals surface area (Å²) in [5.41, 5.74) is 0.697. The van der Waals surface area contributed by atoms with Gasteiger partial charge in [-0.25, -0.2) is 0 Å². The summed E-state index contributed by atoms with van der Waals surface area (Å²) in [4.78, 5) is 10.2. The lowest BCUT2D eigenvalue weighted by Gasteiger charge is -1.83. The van der Waals surface area contributed by atoms with E-state index in [4.69, 9.17) is 4.42 Å². The number of aryl methyl sites for hydroxylation is 1. The van der Waals surface area contributed by atoms with Crippen molar-refractivity contribution in [2.45, 2.75) is 0 Å². The van der Waals surface area contributed by atoms with Gasteiger partial charge >= 0.3 is 0 Å². The van der Waals surface area contributed by atoms with Crippen molar-refractivity contribution in [1.29, 1.82) is 0 Å². The van der Waals surface area contributed by atoms with Crippen LogP contribution >= 0.6 is 0 Å². The van der Waals surface area contributed by atoms with Crippen LogP contribution < -0.4 is 0 Å². The van der Waals surface area contributed by atoms with Crippen molar-refractivity contribution in [3.8, 4) is 11.5 Å². The van der Waals surface area contributed by atoms with Gasteiger partial charge in [-0.1, -0.05) is 0 Å². The molecule has 0 saturated heterocycles. The van der Waals surface area contributed by atoms with E-state index in [1.54, 1.807) is 24.1 Å². The smallest absolute Gasteiger partial charge is 0.280 e. The molecule has 0 saturated carbocycles. The zero-order valence-electron chi connectivity index (χ0n) is 6.84. The number of rotatable bonds is 2. The fraction of sp³-hybridized carbons (Fsp3) is 0.143. The Hall–Kier alpha value is -1.98. The third-order valence-corrected chi connectivity index (χ3v) is 1.49. The summed E-state index contributed by atoms with van der Waals surface area (Å²) in [5, 5.41) is 11.1. The predicted molar refractivity (Wildman–Crippen MR) is 41.9 cm³/mol. The maximum absolute atomic E-state index is 10.2. The van der Waals surface area contributed by atoms with Crippen molar-refractivity contribution >= 4 is 6.29 Å². The van der Waals surface area contributed by atoms with E-state index in [9.17, 15) is 4.79 Å². The lowest BCUT2D eigenvalue weighted by atomic mass is 10.4. The molecule has 2 aromatic rings. The van der Waals surface area contributed by atoms with Gasteiger partial charge < -0.3 is 4.42 Å². The van der Waals surface area contributed by atoms with E-state index in [0.717, 1.165) is 0 Å². The van der Waals surface area contributed by atoms with Crippen LogP contribution in [0.15, 0.2) is 16.8 Å². The molecular weight excluding hydrogens is 172 g/mol. The molecule has 0 atom stereocenters. The number of aldehydes is 1. The van der Waals surface area contributed by atoms with E-state index in [1.807, 2.05) is 0 Å². The highest BCUT2D eigenvalue weighted by Crippen LogP contribution is 2.15. The Balaban J connectivity index is 2.40. The van der Waals surface area contributed by atoms with Gasteiger partial charge in [0.2, 0.25) is 6.29 Å². The summed E-state index contributed by atoms with van der Waals surface area (Å²) < 4.78 is 6.60. The van der Waals surface area contributed by atoms with Gasteiger partial charge in [-0.2, -0.15) is 5.10 Å². The van der Waals surface area contributed by atoms with Gasteiger partial charge in [0.05, 0.1) is 11.8 Å². The van der Waals surface area contributed by atoms with Crippen molar-refractivity contribution in [1.82, 2.24) is 20.0 Å². The predicted octanol–water partition coefficient (Wildman–Crippen LogP) is 0.283. The quantitative estimate of drug-likeness (QED) is 0.617. The highest BCUT2D eigenvalue weighted by molar-refractivity contribution is 5.67. The minimum Gasteiger partial charge on any atom is -0.414 e. The van der Waals surface area contributed by atoms with Crippen molar-refractivity contribution in [3.63, 3.8) is 0 Å². The molecule has 0 amide bonds. The molecule has 0 aliphatic carbocycles. The summed E-state index contributed by atoms with van der Waals surface area (Å²) in [6.07, 6.45) is 3.82. The Bertz CT molecular complexity index is 431. The molecular formula is C7H6N4O2. The van der Waals surface area contributed by atoms with E-state index in [2.05, 4.69) is 15.3 Å². The van der Waals surface area contributed by atoms with E-state index < -0.39 is 0 Å². The lowest BCUT2D eigenvalue weighted by molar-refractivity contribution is 0.109. The Morgan fingerprint density at radius 1 is 1.54 bits per heavy atom. The monoisotopic (exact) mass is 178 g/mol. The molecule has 0 aliphatic rings. The van der Waals surface area contributed by atoms with E-state index >= 15 is 0 Å². The number of aromatic nitrogens is 4. The molecule has 66 valence electrons. The largest absolute Gasteiger partial charge is 0.414 e. The van der Waals surface area contributed by atoms with Crippen LogP contribution in [0, 0.1) is 0 Å². The highest BCUT2D eigenvalue weighted by atomic mass is 16.4. The Morgan fingerprint density at radius 2 is 2.38 bits per heavy atom. The molecule has 0 unspecified atom stereocenters. The first-order chi connectivity index (χ1) is 6.29. The second-order valence-corrected chi connectivity index (χ2v) is 2.47. The van der Waals surface area contributed by atoms with Crippen LogP contribution in [0.3, 0.4) is 0 Å². The topological polar surface area (TPSA) is 73.8 Å². The molecule has 0 spiro atoms. The first-order valence-electron chi connectivity index (χ1n) is 3.57. The summed E-state index contributed by atoms with van der Waals surface area (Å²) in [6.45, 7) is 0. The molecule has 0 radical (unpaired) electrons. The van der Waals surface area contributed by atoms with E-state index in [-0.39, 0.29) is 5.89 Å². The second kappa shape index (κ2) is 2.81. The molecule has 0 aromatic carbocycles. The fourth-order valence-corrected chi connectivity index (χ4v) is 0.931. The summed E-state index contributed by atoms with van der Waals surface area (Å²) >= 11 is 0. The standard InChI is InChI=1S/C7H6N4O2/c1-11-3-5(2-8-11)7-10-9-6(4-12)13-7/h2-4H,1H3. The number of hydrogen-bond acceptors (Lipinski definition) is 5. The van der Waals surface area contributed by atoms with Crippen molar-refractivity contribution in [3.05, 3.63) is 18.3 Å². The minimum absolute atomic E-state index is 0.0288. The normalized spacial score (nSPS) is 10.2. The number of carbonyl (C=O) groups is 1. The summed E-state index contributed by atoms with van der Waals surface area (Å²) in [6, 6.07) is 0. The van der Waals surface area contributed by atoms with Crippen LogP contribution in [0.4, 0.5) is 0 Å². The first kappa shape index (κ1) is 7.66. The van der Waals surface area contributed by atoms with Crippen LogP contribution in [-0.2, 0) is 7.05 Å². The average molecular weight is 178 g/mol. The number of carbonyl (C=O) groups excluding carboxylic acids is 1. The molecule has 0 N–H and O–H groups in total. The van der Waals surface area contributed by atoms with Gasteiger partial charge in [0, 0.05) is 13.2 Å². The van der Waals surface area contributed by atoms with Crippen LogP contribution in [0.25, 0.3) is 11.5 Å². The molecule has 2 heterocycles. The van der Waals surface area contributed by atoms with Gasteiger partial charge in [0.1, 0.15) is 0 Å². The highest BCUT2D eigenvalue weighted by Gasteiger charge is 2.08. The Labute approximate surface area is 73.2 Å². The summed E-state index contributed by atoms with van der Waals surface area (Å²) in [5.74, 6) is 0.272. The average Bonchev–Trinajstić information content (AvgIpc) is 2.71. The zero-order valence-corrected chi connectivity index (χ0v) is 6.84. The van der Waals surface area contributed by atoms with Crippen LogP contribution in [0.2, 0.25) is 0 Å². The van der Waals surface area contributed by atoms with Gasteiger partial charge in [-0.15, -0.1) is 10.2 Å². The molecule has 0 aliphatic heterocycles. The van der Waals surface area contributed by atoms with Gasteiger partial charge in [0.15, 0.2) is 0 Å². The molecule has 6 heteroatoms. The number of nitrogens with zero attached hydrogens (tertiary/aromatic N) is 4. The fourth-order valence-electron chi connectivity index (χ4n) is 0.931. The molecule has 0 bridgehead atoms. The third kappa shape index (κ3) is 1.33. The van der Waals surface area contributed by atoms with Crippen molar-refractivity contribution in [2.24, 2.45) is 7.05 Å². The maximum Gasteiger partial charge on any atom is 0.280 e. The minimum atomic E-state index is -0.0288. The van der Waals surface area contributed by atoms with Crippen molar-refractivity contribution in [2.75, 3.05) is 0 Å². The van der Waals surface area contributed by atoms with Crippen molar-refractivity contribution < 1.29 is 9.21 Å². The van der Waals surface area contributed by atoms with Crippen LogP contribution in [0.5, 0.6) is 0 Å². The lowest BCUT2D eigenvalue weighted by Crippen LogP contribution is -1.84. The van der Waals surface area contributed by atoms with Gasteiger partial charge in [-0.05, 0) is 0 Å². The molecule has 13 heavy (non-hydrogen) atoms. The van der Waals surface area contributed by atoms with Crippen LogP contribution in [-0.4, -0.2) is 26.3 Å². The van der Waals surface area contributed by atoms with E-state index in [0.29, 0.717) is 17.7 Å². The Kier molecular flexibility index (Phi) is 1.66. The third-order valence-electron chi connectivity index (χ3n) is 1.49. The molecule has 2 aromatic heterocycles. The molecule has 6 nitrogen and oxygen atoms in total. The second-order valence-electron chi connectivity index (χ2n) is 2.47. The zero-order chi connectivity index (χ0) is 9.26. The molecule has 2 rings (SSSR count). The van der Waals surface area contributed by atoms with Gasteiger partial charge in [-0.3, -0.25) is 9.48 Å². The maximum atomic E-state index is 10.2. The Morgan fingerprint density at radius 3 is 2.92 bits per heavy atom. The molecule has 0 fully saturated rings. The number of hydrogen-bond donors (Lipinski definition) is 0. The van der Waals surface area contributed by atoms with Crippen LogP contribution in [0.1, 0.15) is 10.7 Å². The van der Waals surface area contributed by atoms with E-state index in [1.165, 1.54) is 0 Å². The SMILES string of the molecule is Cn1cc(-c2nnc(C=O)o2)cn1. The van der Waals surface area contributed by atoms with Gasteiger partial charge in [0.25, 0.3) is 11.8 Å².